The lowest BCUT2D eigenvalue weighted by Crippen LogP contribution is -2.18. The molecule has 19 heavy (non-hydrogen) atoms. The fraction of sp³-hybridized carbons (Fsp3) is 0.357. The Balaban J connectivity index is 2.21. The summed E-state index contributed by atoms with van der Waals surface area (Å²) in [6.07, 6.45) is 6.15. The lowest BCUT2D eigenvalue weighted by atomic mass is 10.1. The summed E-state index contributed by atoms with van der Waals surface area (Å²) in [4.78, 5) is 4.11. The van der Waals surface area contributed by atoms with E-state index in [2.05, 4.69) is 17.2 Å². The Morgan fingerprint density at radius 2 is 2.16 bits per heavy atom. The second-order valence-corrected chi connectivity index (χ2v) is 6.29. The van der Waals surface area contributed by atoms with E-state index in [9.17, 15) is 4.21 Å². The van der Waals surface area contributed by atoms with Gasteiger partial charge in [0.2, 0.25) is 0 Å². The summed E-state index contributed by atoms with van der Waals surface area (Å²) in [5.74, 6) is 0.711. The quantitative estimate of drug-likeness (QED) is 0.823. The van der Waals surface area contributed by atoms with Gasteiger partial charge in [-0.2, -0.15) is 0 Å². The predicted molar refractivity (Wildman–Crippen MR) is 82.8 cm³/mol. The summed E-state index contributed by atoms with van der Waals surface area (Å²) in [7, 11) is -0.745. The van der Waals surface area contributed by atoms with Crippen LogP contribution in [0.4, 0.5) is 11.4 Å². The number of hydrogen-bond acceptors (Lipinski definition) is 4. The van der Waals surface area contributed by atoms with E-state index in [-0.39, 0.29) is 6.04 Å². The van der Waals surface area contributed by atoms with Crippen LogP contribution >= 0.6 is 0 Å². The molecule has 0 spiro atoms. The van der Waals surface area contributed by atoms with Crippen molar-refractivity contribution in [2.45, 2.75) is 19.4 Å². The van der Waals surface area contributed by atoms with Crippen LogP contribution in [0.5, 0.6) is 0 Å². The number of rotatable bonds is 5. The zero-order valence-electron chi connectivity index (χ0n) is 11.2. The van der Waals surface area contributed by atoms with Crippen LogP contribution in [0.3, 0.4) is 0 Å². The van der Waals surface area contributed by atoms with Crippen molar-refractivity contribution < 1.29 is 4.21 Å². The SMILES string of the molecule is CC(CCS(C)=O)Nc1ccc(N)c2cnccc12. The van der Waals surface area contributed by atoms with Crippen molar-refractivity contribution in [3.8, 4) is 0 Å². The molecule has 3 N–H and O–H groups in total. The fourth-order valence-electron chi connectivity index (χ4n) is 2.02. The van der Waals surface area contributed by atoms with E-state index >= 15 is 0 Å². The number of nitrogen functional groups attached to an aromatic ring is 1. The van der Waals surface area contributed by atoms with Gasteiger partial charge in [-0.3, -0.25) is 9.19 Å². The summed E-state index contributed by atoms with van der Waals surface area (Å²) < 4.78 is 11.1. The first kappa shape index (κ1) is 13.8. The molecule has 2 rings (SSSR count). The van der Waals surface area contributed by atoms with Gasteiger partial charge in [0.05, 0.1) is 0 Å². The van der Waals surface area contributed by atoms with Crippen LogP contribution in [-0.2, 0) is 10.8 Å². The molecule has 0 bridgehead atoms. The van der Waals surface area contributed by atoms with Crippen molar-refractivity contribution in [1.82, 2.24) is 4.98 Å². The van der Waals surface area contributed by atoms with Crippen LogP contribution in [0.15, 0.2) is 30.6 Å². The van der Waals surface area contributed by atoms with E-state index < -0.39 is 10.8 Å². The van der Waals surface area contributed by atoms with E-state index in [1.54, 1.807) is 18.6 Å². The number of hydrogen-bond donors (Lipinski definition) is 2. The van der Waals surface area contributed by atoms with Gasteiger partial charge in [-0.15, -0.1) is 0 Å². The van der Waals surface area contributed by atoms with E-state index in [4.69, 9.17) is 5.73 Å². The van der Waals surface area contributed by atoms with Gasteiger partial charge in [0.25, 0.3) is 0 Å². The minimum atomic E-state index is -0.745. The number of nitrogens with two attached hydrogens (primary N) is 1. The Bertz CT molecular complexity index is 600. The van der Waals surface area contributed by atoms with Crippen LogP contribution in [-0.4, -0.2) is 27.2 Å². The zero-order valence-corrected chi connectivity index (χ0v) is 12.0. The highest BCUT2D eigenvalue weighted by Crippen LogP contribution is 2.28. The Hall–Kier alpha value is -1.62. The van der Waals surface area contributed by atoms with Gasteiger partial charge >= 0.3 is 0 Å². The topological polar surface area (TPSA) is 68.0 Å². The number of pyridine rings is 1. The lowest BCUT2D eigenvalue weighted by Gasteiger charge is -2.17. The second kappa shape index (κ2) is 6.02. The summed E-state index contributed by atoms with van der Waals surface area (Å²) in [5, 5.41) is 5.48. The molecule has 0 aliphatic carbocycles. The molecule has 4 nitrogen and oxygen atoms in total. The number of anilines is 2. The molecular formula is C14H19N3OS. The molecule has 1 aromatic heterocycles. The average Bonchev–Trinajstić information content (AvgIpc) is 2.40. The molecule has 2 unspecified atom stereocenters. The highest BCUT2D eigenvalue weighted by molar-refractivity contribution is 7.84. The highest BCUT2D eigenvalue weighted by Gasteiger charge is 2.07. The minimum Gasteiger partial charge on any atom is -0.398 e. The van der Waals surface area contributed by atoms with Crippen LogP contribution in [0.25, 0.3) is 10.8 Å². The molecule has 0 fully saturated rings. The summed E-state index contributed by atoms with van der Waals surface area (Å²) >= 11 is 0. The van der Waals surface area contributed by atoms with Crippen molar-refractivity contribution in [1.29, 1.82) is 0 Å². The second-order valence-electron chi connectivity index (χ2n) is 4.73. The maximum Gasteiger partial charge on any atom is 0.0424 e. The van der Waals surface area contributed by atoms with Crippen molar-refractivity contribution in [3.05, 3.63) is 30.6 Å². The van der Waals surface area contributed by atoms with E-state index in [1.165, 1.54) is 0 Å². The van der Waals surface area contributed by atoms with E-state index in [0.29, 0.717) is 5.75 Å². The molecular weight excluding hydrogens is 258 g/mol. The van der Waals surface area contributed by atoms with Crippen molar-refractivity contribution in [2.24, 2.45) is 0 Å². The molecule has 5 heteroatoms. The monoisotopic (exact) mass is 277 g/mol. The lowest BCUT2D eigenvalue weighted by molar-refractivity contribution is 0.678. The largest absolute Gasteiger partial charge is 0.398 e. The molecule has 1 aromatic carbocycles. The molecule has 1 heterocycles. The van der Waals surface area contributed by atoms with Crippen molar-refractivity contribution in [3.63, 3.8) is 0 Å². The molecule has 0 amide bonds. The maximum atomic E-state index is 11.1. The number of fused-ring (bicyclic) bond motifs is 1. The third-order valence-corrected chi connectivity index (χ3v) is 3.90. The summed E-state index contributed by atoms with van der Waals surface area (Å²) in [5.41, 5.74) is 7.72. The molecule has 0 saturated heterocycles. The van der Waals surface area contributed by atoms with Gasteiger partial charge in [-0.05, 0) is 31.5 Å². The van der Waals surface area contributed by atoms with Crippen molar-refractivity contribution >= 4 is 32.9 Å². The van der Waals surface area contributed by atoms with Gasteiger partial charge < -0.3 is 11.1 Å². The first-order valence-electron chi connectivity index (χ1n) is 6.26. The first-order chi connectivity index (χ1) is 9.08. The van der Waals surface area contributed by atoms with Crippen LogP contribution in [0, 0.1) is 0 Å². The smallest absolute Gasteiger partial charge is 0.0424 e. The van der Waals surface area contributed by atoms with Gasteiger partial charge in [0, 0.05) is 63.4 Å². The van der Waals surface area contributed by atoms with Crippen LogP contribution < -0.4 is 11.1 Å². The van der Waals surface area contributed by atoms with Gasteiger partial charge in [0.1, 0.15) is 0 Å². The Kier molecular flexibility index (Phi) is 4.37. The number of aromatic nitrogens is 1. The summed E-state index contributed by atoms with van der Waals surface area (Å²) in [6, 6.07) is 6.09. The average molecular weight is 277 g/mol. The summed E-state index contributed by atoms with van der Waals surface area (Å²) in [6.45, 7) is 2.09. The molecule has 2 atom stereocenters. The third-order valence-electron chi connectivity index (χ3n) is 3.09. The zero-order chi connectivity index (χ0) is 13.8. The molecule has 0 radical (unpaired) electrons. The van der Waals surface area contributed by atoms with Crippen molar-refractivity contribution in [2.75, 3.05) is 23.1 Å². The Labute approximate surface area is 115 Å². The van der Waals surface area contributed by atoms with E-state index in [1.807, 2.05) is 18.2 Å². The normalized spacial score (nSPS) is 14.2. The highest BCUT2D eigenvalue weighted by atomic mass is 32.2. The standard InChI is InChI=1S/C14H19N3OS/c1-10(6-8-19(2)18)17-14-4-3-13(15)12-9-16-7-5-11(12)14/h3-5,7,9-10,17H,6,8,15H2,1-2H3. The molecule has 0 saturated carbocycles. The number of nitrogens with one attached hydrogen (secondary N) is 1. The number of benzene rings is 1. The van der Waals surface area contributed by atoms with Gasteiger partial charge in [-0.25, -0.2) is 0 Å². The molecule has 0 aliphatic heterocycles. The van der Waals surface area contributed by atoms with Crippen LogP contribution in [0.1, 0.15) is 13.3 Å². The van der Waals surface area contributed by atoms with Crippen LogP contribution in [0.2, 0.25) is 0 Å². The number of nitrogens with zero attached hydrogens (tertiary/aromatic N) is 1. The molecule has 2 aromatic rings. The Morgan fingerprint density at radius 1 is 1.37 bits per heavy atom. The molecule has 0 aliphatic rings. The van der Waals surface area contributed by atoms with Gasteiger partial charge in [0.15, 0.2) is 0 Å². The third kappa shape index (κ3) is 3.44. The van der Waals surface area contributed by atoms with E-state index in [0.717, 1.165) is 28.6 Å². The Morgan fingerprint density at radius 3 is 2.89 bits per heavy atom. The van der Waals surface area contributed by atoms with Gasteiger partial charge in [-0.1, -0.05) is 0 Å². The first-order valence-corrected chi connectivity index (χ1v) is 7.99. The molecule has 102 valence electrons. The maximum absolute atomic E-state index is 11.1. The minimum absolute atomic E-state index is 0.267. The predicted octanol–water partition coefficient (Wildman–Crippen LogP) is 2.39. The fourth-order valence-corrected chi connectivity index (χ4v) is 2.70.